The van der Waals surface area contributed by atoms with Gasteiger partial charge in [0.25, 0.3) is 0 Å². The standard InChI is InChI=1S/C24H29N3O3S/c1-3-7-21(8-4-1)29-17-18-31-19-23-25-26-24(30-23)20-9-11-22(12-10-20)28-16-15-27-13-5-2-6-14-27/h1,3-4,7-12H,2,5-6,13-19H2. The summed E-state index contributed by atoms with van der Waals surface area (Å²) in [5, 5.41) is 8.33. The van der Waals surface area contributed by atoms with Gasteiger partial charge in [0.2, 0.25) is 11.8 Å². The minimum absolute atomic E-state index is 0.538. The molecular weight excluding hydrogens is 410 g/mol. The molecule has 1 aromatic heterocycles. The average molecular weight is 440 g/mol. The van der Waals surface area contributed by atoms with Gasteiger partial charge in [0.05, 0.1) is 12.4 Å². The lowest BCUT2D eigenvalue weighted by Crippen LogP contribution is -2.33. The van der Waals surface area contributed by atoms with Gasteiger partial charge in [-0.3, -0.25) is 4.90 Å². The van der Waals surface area contributed by atoms with Crippen molar-refractivity contribution in [2.45, 2.75) is 25.0 Å². The smallest absolute Gasteiger partial charge is 0.247 e. The van der Waals surface area contributed by atoms with Crippen molar-refractivity contribution >= 4 is 11.8 Å². The van der Waals surface area contributed by atoms with Gasteiger partial charge in [0.15, 0.2) is 0 Å². The molecule has 2 aromatic carbocycles. The largest absolute Gasteiger partial charge is 0.493 e. The van der Waals surface area contributed by atoms with Crippen LogP contribution in [0.15, 0.2) is 59.0 Å². The van der Waals surface area contributed by atoms with Crippen LogP contribution in [0.4, 0.5) is 0 Å². The summed E-state index contributed by atoms with van der Waals surface area (Å²) in [7, 11) is 0. The summed E-state index contributed by atoms with van der Waals surface area (Å²) in [6, 6.07) is 17.7. The first-order chi connectivity index (χ1) is 15.4. The van der Waals surface area contributed by atoms with Gasteiger partial charge in [-0.15, -0.1) is 22.0 Å². The zero-order chi connectivity index (χ0) is 21.1. The van der Waals surface area contributed by atoms with Crippen LogP contribution >= 0.6 is 11.8 Å². The van der Waals surface area contributed by atoms with Gasteiger partial charge in [-0.05, 0) is 62.3 Å². The molecule has 2 heterocycles. The number of rotatable bonds is 11. The number of aromatic nitrogens is 2. The molecule has 1 aliphatic heterocycles. The maximum Gasteiger partial charge on any atom is 0.247 e. The van der Waals surface area contributed by atoms with Crippen molar-refractivity contribution in [1.29, 1.82) is 0 Å². The summed E-state index contributed by atoms with van der Waals surface area (Å²) in [5.74, 6) is 4.45. The lowest BCUT2D eigenvalue weighted by molar-refractivity contribution is 0.183. The van der Waals surface area contributed by atoms with Gasteiger partial charge in [-0.1, -0.05) is 24.6 Å². The zero-order valence-electron chi connectivity index (χ0n) is 17.7. The summed E-state index contributed by atoms with van der Waals surface area (Å²) in [4.78, 5) is 2.48. The van der Waals surface area contributed by atoms with Crippen molar-refractivity contribution < 1.29 is 13.9 Å². The molecule has 6 nitrogen and oxygen atoms in total. The van der Waals surface area contributed by atoms with E-state index in [9.17, 15) is 0 Å². The number of benzene rings is 2. The second-order valence-corrected chi connectivity index (χ2v) is 8.60. The van der Waals surface area contributed by atoms with Crippen molar-refractivity contribution in [2.24, 2.45) is 0 Å². The van der Waals surface area contributed by atoms with E-state index in [1.807, 2.05) is 54.6 Å². The molecule has 164 valence electrons. The maximum atomic E-state index is 5.89. The molecule has 0 N–H and O–H groups in total. The van der Waals surface area contributed by atoms with Crippen molar-refractivity contribution in [3.8, 4) is 23.0 Å². The van der Waals surface area contributed by atoms with Crippen molar-refractivity contribution in [3.05, 3.63) is 60.5 Å². The van der Waals surface area contributed by atoms with Gasteiger partial charge >= 0.3 is 0 Å². The van der Waals surface area contributed by atoms with Gasteiger partial charge in [0.1, 0.15) is 18.1 Å². The minimum atomic E-state index is 0.538. The molecule has 0 spiro atoms. The molecular formula is C24H29N3O3S. The molecule has 0 amide bonds. The summed E-state index contributed by atoms with van der Waals surface area (Å²) in [6.07, 6.45) is 3.97. The van der Waals surface area contributed by atoms with E-state index in [0.717, 1.165) is 36.0 Å². The van der Waals surface area contributed by atoms with Crippen LogP contribution in [0.1, 0.15) is 25.2 Å². The molecule has 7 heteroatoms. The molecule has 0 saturated carbocycles. The Morgan fingerprint density at radius 2 is 1.58 bits per heavy atom. The normalized spacial score (nSPS) is 14.5. The van der Waals surface area contributed by atoms with Gasteiger partial charge < -0.3 is 13.9 Å². The van der Waals surface area contributed by atoms with E-state index < -0.39 is 0 Å². The van der Waals surface area contributed by atoms with Gasteiger partial charge in [-0.2, -0.15) is 0 Å². The number of hydrogen-bond acceptors (Lipinski definition) is 7. The number of hydrogen-bond donors (Lipinski definition) is 0. The van der Waals surface area contributed by atoms with Crippen LogP contribution in [-0.4, -0.2) is 53.7 Å². The van der Waals surface area contributed by atoms with E-state index in [0.29, 0.717) is 24.1 Å². The third-order valence-corrected chi connectivity index (χ3v) is 6.06. The molecule has 1 fully saturated rings. The Morgan fingerprint density at radius 3 is 2.39 bits per heavy atom. The molecule has 0 atom stereocenters. The zero-order valence-corrected chi connectivity index (χ0v) is 18.6. The first-order valence-electron chi connectivity index (χ1n) is 10.9. The molecule has 0 unspecified atom stereocenters. The fourth-order valence-electron chi connectivity index (χ4n) is 3.49. The van der Waals surface area contributed by atoms with Crippen LogP contribution in [0.25, 0.3) is 11.5 Å². The van der Waals surface area contributed by atoms with Crippen LogP contribution in [0.2, 0.25) is 0 Å². The number of thioether (sulfide) groups is 1. The average Bonchev–Trinajstić information content (AvgIpc) is 3.30. The van der Waals surface area contributed by atoms with Crippen molar-refractivity contribution in [2.75, 3.05) is 38.6 Å². The Balaban J connectivity index is 1.17. The van der Waals surface area contributed by atoms with E-state index >= 15 is 0 Å². The summed E-state index contributed by atoms with van der Waals surface area (Å²) < 4.78 is 17.4. The summed E-state index contributed by atoms with van der Waals surface area (Å²) in [5.41, 5.74) is 0.902. The van der Waals surface area contributed by atoms with Crippen LogP contribution in [0.5, 0.6) is 11.5 Å². The predicted octanol–water partition coefficient (Wildman–Crippen LogP) is 4.91. The predicted molar refractivity (Wildman–Crippen MR) is 124 cm³/mol. The maximum absolute atomic E-state index is 5.89. The number of likely N-dealkylation sites (tertiary alicyclic amines) is 1. The molecule has 1 aliphatic rings. The molecule has 0 aliphatic carbocycles. The molecule has 0 radical (unpaired) electrons. The Labute approximate surface area is 188 Å². The second-order valence-electron chi connectivity index (χ2n) is 7.49. The molecule has 31 heavy (non-hydrogen) atoms. The van der Waals surface area contributed by atoms with Gasteiger partial charge in [0, 0.05) is 17.9 Å². The number of nitrogens with zero attached hydrogens (tertiary/aromatic N) is 3. The van der Waals surface area contributed by atoms with Crippen LogP contribution in [0.3, 0.4) is 0 Å². The third kappa shape index (κ3) is 7.01. The Kier molecular flexibility index (Phi) is 8.24. The van der Waals surface area contributed by atoms with E-state index in [1.165, 1.54) is 32.4 Å². The third-order valence-electron chi connectivity index (χ3n) is 5.16. The molecule has 3 aromatic rings. The summed E-state index contributed by atoms with van der Waals surface area (Å²) >= 11 is 1.71. The van der Waals surface area contributed by atoms with E-state index in [4.69, 9.17) is 13.9 Å². The van der Waals surface area contributed by atoms with Crippen LogP contribution in [0, 0.1) is 0 Å². The second kappa shape index (κ2) is 11.8. The highest BCUT2D eigenvalue weighted by molar-refractivity contribution is 7.98. The first kappa shape index (κ1) is 21.7. The Morgan fingerprint density at radius 1 is 0.839 bits per heavy atom. The van der Waals surface area contributed by atoms with Crippen molar-refractivity contribution in [3.63, 3.8) is 0 Å². The fourth-order valence-corrected chi connectivity index (χ4v) is 4.13. The van der Waals surface area contributed by atoms with E-state index in [1.54, 1.807) is 11.8 Å². The highest BCUT2D eigenvalue weighted by atomic mass is 32.2. The highest BCUT2D eigenvalue weighted by Crippen LogP contribution is 2.23. The van der Waals surface area contributed by atoms with E-state index in [-0.39, 0.29) is 0 Å². The van der Waals surface area contributed by atoms with Crippen LogP contribution < -0.4 is 9.47 Å². The highest BCUT2D eigenvalue weighted by Gasteiger charge is 2.11. The topological polar surface area (TPSA) is 60.6 Å². The lowest BCUT2D eigenvalue weighted by atomic mass is 10.1. The SMILES string of the molecule is c1ccc(OCCSCc2nnc(-c3ccc(OCCN4CCCCC4)cc3)o2)cc1. The quantitative estimate of drug-likeness (QED) is 0.393. The first-order valence-corrected chi connectivity index (χ1v) is 12.1. The van der Waals surface area contributed by atoms with Gasteiger partial charge in [-0.25, -0.2) is 0 Å². The minimum Gasteiger partial charge on any atom is -0.493 e. The number of para-hydroxylation sites is 1. The van der Waals surface area contributed by atoms with Crippen LogP contribution in [-0.2, 0) is 5.75 Å². The lowest BCUT2D eigenvalue weighted by Gasteiger charge is -2.26. The number of ether oxygens (including phenoxy) is 2. The van der Waals surface area contributed by atoms with E-state index in [2.05, 4.69) is 15.1 Å². The van der Waals surface area contributed by atoms with Crippen molar-refractivity contribution in [1.82, 2.24) is 15.1 Å². The Hall–Kier alpha value is -2.51. The Bertz CT molecular complexity index is 896. The number of piperidine rings is 1. The fraction of sp³-hybridized carbons (Fsp3) is 0.417. The molecule has 4 rings (SSSR count). The monoisotopic (exact) mass is 439 g/mol. The molecule has 0 bridgehead atoms. The molecule has 1 saturated heterocycles. The summed E-state index contributed by atoms with van der Waals surface area (Å²) in [6.45, 7) is 4.74.